The third-order valence-corrected chi connectivity index (χ3v) is 4.88. The molecule has 0 atom stereocenters. The van der Waals surface area contributed by atoms with Crippen molar-refractivity contribution >= 4 is 21.5 Å². The van der Waals surface area contributed by atoms with Crippen LogP contribution in [-0.4, -0.2) is 19.6 Å². The summed E-state index contributed by atoms with van der Waals surface area (Å²) in [7, 11) is -3.64. The van der Waals surface area contributed by atoms with Gasteiger partial charge in [-0.2, -0.15) is 0 Å². The SMILES string of the molecule is Cc1cc(NS(=O)(=O)c2ccc(NC3CCC3)cc2)no1. The number of hydrogen-bond donors (Lipinski definition) is 2. The van der Waals surface area contributed by atoms with E-state index in [0.717, 1.165) is 5.69 Å². The first-order chi connectivity index (χ1) is 10.0. The highest BCUT2D eigenvalue weighted by Crippen LogP contribution is 2.24. The van der Waals surface area contributed by atoms with E-state index in [1.54, 1.807) is 31.2 Å². The van der Waals surface area contributed by atoms with Gasteiger partial charge in [0.2, 0.25) is 0 Å². The second-order valence-corrected chi connectivity index (χ2v) is 6.91. The van der Waals surface area contributed by atoms with E-state index in [0.29, 0.717) is 11.8 Å². The van der Waals surface area contributed by atoms with Crippen molar-refractivity contribution in [3.8, 4) is 0 Å². The smallest absolute Gasteiger partial charge is 0.263 e. The van der Waals surface area contributed by atoms with Crippen molar-refractivity contribution in [1.82, 2.24) is 5.16 Å². The molecule has 0 spiro atoms. The van der Waals surface area contributed by atoms with E-state index in [-0.39, 0.29) is 10.7 Å². The van der Waals surface area contributed by atoms with Crippen molar-refractivity contribution in [2.75, 3.05) is 10.0 Å². The Hall–Kier alpha value is -2.02. The van der Waals surface area contributed by atoms with Crippen LogP contribution in [0.25, 0.3) is 0 Å². The first-order valence-corrected chi connectivity index (χ1v) is 8.34. The summed E-state index contributed by atoms with van der Waals surface area (Å²) in [4.78, 5) is 0.197. The summed E-state index contributed by atoms with van der Waals surface area (Å²) in [5, 5.41) is 6.99. The minimum atomic E-state index is -3.64. The first-order valence-electron chi connectivity index (χ1n) is 6.86. The molecule has 0 saturated heterocycles. The molecule has 0 aliphatic heterocycles. The number of aryl methyl sites for hydroxylation is 1. The van der Waals surface area contributed by atoms with Gasteiger partial charge in [0.15, 0.2) is 5.82 Å². The molecule has 1 fully saturated rings. The highest BCUT2D eigenvalue weighted by molar-refractivity contribution is 7.92. The maximum absolute atomic E-state index is 12.2. The van der Waals surface area contributed by atoms with Crippen LogP contribution in [-0.2, 0) is 10.0 Å². The summed E-state index contributed by atoms with van der Waals surface area (Å²) in [5.41, 5.74) is 0.941. The number of benzene rings is 1. The van der Waals surface area contributed by atoms with Crippen molar-refractivity contribution in [2.45, 2.75) is 37.1 Å². The van der Waals surface area contributed by atoms with Crippen molar-refractivity contribution in [2.24, 2.45) is 0 Å². The van der Waals surface area contributed by atoms with E-state index in [4.69, 9.17) is 4.52 Å². The molecule has 1 aliphatic rings. The van der Waals surface area contributed by atoms with Crippen LogP contribution in [0.2, 0.25) is 0 Å². The predicted molar refractivity (Wildman–Crippen MR) is 79.8 cm³/mol. The molecule has 0 bridgehead atoms. The van der Waals surface area contributed by atoms with Crippen LogP contribution < -0.4 is 10.0 Å². The van der Waals surface area contributed by atoms with Gasteiger partial charge in [-0.3, -0.25) is 4.72 Å². The van der Waals surface area contributed by atoms with E-state index < -0.39 is 10.0 Å². The largest absolute Gasteiger partial charge is 0.382 e. The van der Waals surface area contributed by atoms with Gasteiger partial charge in [-0.15, -0.1) is 0 Å². The minimum absolute atomic E-state index is 0.184. The van der Waals surface area contributed by atoms with Crippen molar-refractivity contribution in [1.29, 1.82) is 0 Å². The summed E-state index contributed by atoms with van der Waals surface area (Å²) >= 11 is 0. The maximum atomic E-state index is 12.2. The van der Waals surface area contributed by atoms with Crippen LogP contribution in [0.3, 0.4) is 0 Å². The molecule has 3 rings (SSSR count). The second-order valence-electron chi connectivity index (χ2n) is 5.22. The predicted octanol–water partition coefficient (Wildman–Crippen LogP) is 2.75. The number of nitrogens with zero attached hydrogens (tertiary/aromatic N) is 1. The summed E-state index contributed by atoms with van der Waals surface area (Å²) < 4.78 is 31.6. The van der Waals surface area contributed by atoms with Gasteiger partial charge in [0.05, 0.1) is 4.90 Å². The Labute approximate surface area is 123 Å². The molecule has 0 radical (unpaired) electrons. The molecule has 112 valence electrons. The van der Waals surface area contributed by atoms with E-state index in [2.05, 4.69) is 15.2 Å². The topological polar surface area (TPSA) is 84.2 Å². The number of aromatic nitrogens is 1. The molecule has 1 aromatic heterocycles. The van der Waals surface area contributed by atoms with Gasteiger partial charge in [0.25, 0.3) is 10.0 Å². The Balaban J connectivity index is 1.72. The number of nitrogens with one attached hydrogen (secondary N) is 2. The van der Waals surface area contributed by atoms with Crippen LogP contribution in [0.1, 0.15) is 25.0 Å². The molecule has 6 nitrogen and oxygen atoms in total. The van der Waals surface area contributed by atoms with Gasteiger partial charge in [-0.05, 0) is 50.5 Å². The zero-order valence-electron chi connectivity index (χ0n) is 11.7. The second kappa shape index (κ2) is 5.40. The number of rotatable bonds is 5. The fourth-order valence-corrected chi connectivity index (χ4v) is 3.11. The van der Waals surface area contributed by atoms with Gasteiger partial charge in [-0.1, -0.05) is 5.16 Å². The fourth-order valence-electron chi connectivity index (χ4n) is 2.13. The summed E-state index contributed by atoms with van der Waals surface area (Å²) in [5.74, 6) is 0.733. The fraction of sp³-hybridized carbons (Fsp3) is 0.357. The van der Waals surface area contributed by atoms with Gasteiger partial charge < -0.3 is 9.84 Å². The molecule has 0 unspecified atom stereocenters. The number of anilines is 2. The quantitative estimate of drug-likeness (QED) is 0.887. The van der Waals surface area contributed by atoms with E-state index in [1.165, 1.54) is 25.3 Å². The number of sulfonamides is 1. The molecule has 0 amide bonds. The van der Waals surface area contributed by atoms with Gasteiger partial charge in [0, 0.05) is 17.8 Å². The standard InChI is InChI=1S/C14H17N3O3S/c1-10-9-14(16-20-10)17-21(18,19)13-7-5-12(6-8-13)15-11-3-2-4-11/h5-9,11,15H,2-4H2,1H3,(H,16,17). The van der Waals surface area contributed by atoms with Crippen molar-refractivity contribution in [3.63, 3.8) is 0 Å². The Bertz CT molecular complexity index is 718. The molecule has 1 heterocycles. The molecular weight excluding hydrogens is 290 g/mol. The first kappa shape index (κ1) is 13.9. The number of hydrogen-bond acceptors (Lipinski definition) is 5. The lowest BCUT2D eigenvalue weighted by Crippen LogP contribution is -2.26. The van der Waals surface area contributed by atoms with E-state index in [9.17, 15) is 8.42 Å². The molecule has 1 aromatic carbocycles. The zero-order chi connectivity index (χ0) is 14.9. The average Bonchev–Trinajstić information content (AvgIpc) is 2.79. The zero-order valence-corrected chi connectivity index (χ0v) is 12.5. The molecule has 1 saturated carbocycles. The highest BCUT2D eigenvalue weighted by atomic mass is 32.2. The highest BCUT2D eigenvalue weighted by Gasteiger charge is 2.18. The minimum Gasteiger partial charge on any atom is -0.382 e. The van der Waals surface area contributed by atoms with Crippen LogP contribution in [0, 0.1) is 6.92 Å². The summed E-state index contributed by atoms with van der Waals surface area (Å²) in [6.45, 7) is 1.70. The Kier molecular flexibility index (Phi) is 3.59. The van der Waals surface area contributed by atoms with Gasteiger partial charge in [-0.25, -0.2) is 8.42 Å². The van der Waals surface area contributed by atoms with Crippen LogP contribution >= 0.6 is 0 Å². The Morgan fingerprint density at radius 2 is 1.95 bits per heavy atom. The molecule has 21 heavy (non-hydrogen) atoms. The molecular formula is C14H17N3O3S. The molecule has 1 aliphatic carbocycles. The van der Waals surface area contributed by atoms with Crippen LogP contribution in [0.15, 0.2) is 39.8 Å². The third-order valence-electron chi connectivity index (χ3n) is 3.51. The third kappa shape index (κ3) is 3.18. The molecule has 7 heteroatoms. The van der Waals surface area contributed by atoms with Crippen molar-refractivity contribution in [3.05, 3.63) is 36.1 Å². The van der Waals surface area contributed by atoms with E-state index >= 15 is 0 Å². The Morgan fingerprint density at radius 1 is 1.24 bits per heavy atom. The summed E-state index contributed by atoms with van der Waals surface area (Å²) in [6.07, 6.45) is 3.60. The monoisotopic (exact) mass is 307 g/mol. The van der Waals surface area contributed by atoms with Crippen LogP contribution in [0.5, 0.6) is 0 Å². The van der Waals surface area contributed by atoms with Crippen molar-refractivity contribution < 1.29 is 12.9 Å². The summed E-state index contributed by atoms with van der Waals surface area (Å²) in [6, 6.07) is 8.77. The van der Waals surface area contributed by atoms with Crippen LogP contribution in [0.4, 0.5) is 11.5 Å². The lowest BCUT2D eigenvalue weighted by Gasteiger charge is -2.27. The van der Waals surface area contributed by atoms with Gasteiger partial charge >= 0.3 is 0 Å². The average molecular weight is 307 g/mol. The molecule has 2 aromatic rings. The maximum Gasteiger partial charge on any atom is 0.263 e. The normalized spacial score (nSPS) is 15.5. The van der Waals surface area contributed by atoms with E-state index in [1.807, 2.05) is 0 Å². The lowest BCUT2D eigenvalue weighted by atomic mass is 9.93. The Morgan fingerprint density at radius 3 is 2.48 bits per heavy atom. The van der Waals surface area contributed by atoms with Gasteiger partial charge in [0.1, 0.15) is 5.76 Å². The lowest BCUT2D eigenvalue weighted by molar-refractivity contribution is 0.400. The molecule has 2 N–H and O–H groups in total.